The Morgan fingerprint density at radius 2 is 2.18 bits per heavy atom. The van der Waals surface area contributed by atoms with E-state index in [0.717, 1.165) is 16.3 Å². The Balaban J connectivity index is 2.39. The van der Waals surface area contributed by atoms with Gasteiger partial charge in [0, 0.05) is 28.4 Å². The summed E-state index contributed by atoms with van der Waals surface area (Å²) in [6.45, 7) is 9.40. The van der Waals surface area contributed by atoms with Crippen LogP contribution < -0.4 is 0 Å². The lowest BCUT2D eigenvalue weighted by Crippen LogP contribution is -2.18. The molecule has 0 fully saturated rings. The molecule has 0 aliphatic rings. The van der Waals surface area contributed by atoms with Crippen molar-refractivity contribution in [2.75, 3.05) is 0 Å². The van der Waals surface area contributed by atoms with Crippen LogP contribution in [0.25, 0.3) is 0 Å². The lowest BCUT2D eigenvalue weighted by molar-refractivity contribution is 0.529. The first-order valence-electron chi connectivity index (χ1n) is 5.58. The summed E-state index contributed by atoms with van der Waals surface area (Å²) in [6.07, 6.45) is 3.91. The molecule has 1 N–H and O–H groups in total. The molecular formula is C12H17N3S2. The van der Waals surface area contributed by atoms with Crippen LogP contribution in [-0.4, -0.2) is 14.5 Å². The minimum absolute atomic E-state index is 0.0832. The molecule has 3 nitrogen and oxygen atoms in total. The van der Waals surface area contributed by atoms with Crippen molar-refractivity contribution in [3.63, 3.8) is 0 Å². The highest BCUT2D eigenvalue weighted by Gasteiger charge is 2.19. The van der Waals surface area contributed by atoms with Crippen LogP contribution in [0.5, 0.6) is 0 Å². The van der Waals surface area contributed by atoms with Gasteiger partial charge in [0.05, 0.1) is 6.54 Å². The molecule has 0 atom stereocenters. The number of nitrogens with one attached hydrogen (secondary N) is 1. The smallest absolute Gasteiger partial charge is 0.177 e. The summed E-state index contributed by atoms with van der Waals surface area (Å²) in [7, 11) is 0. The fourth-order valence-corrected chi connectivity index (χ4v) is 2.78. The number of thiazole rings is 1. The zero-order chi connectivity index (χ0) is 12.6. The highest BCUT2D eigenvalue weighted by atomic mass is 32.1. The third-order valence-corrected chi connectivity index (χ3v) is 3.84. The van der Waals surface area contributed by atoms with Crippen LogP contribution >= 0.6 is 23.6 Å². The van der Waals surface area contributed by atoms with Crippen LogP contribution in [0.2, 0.25) is 0 Å². The fourth-order valence-electron chi connectivity index (χ4n) is 1.78. The molecule has 0 saturated carbocycles. The largest absolute Gasteiger partial charge is 0.337 e. The molecule has 0 amide bonds. The fraction of sp³-hybridized carbons (Fsp3) is 0.500. The van der Waals surface area contributed by atoms with Crippen molar-refractivity contribution in [2.24, 2.45) is 0 Å². The molecule has 92 valence electrons. The van der Waals surface area contributed by atoms with Gasteiger partial charge in [-0.25, -0.2) is 4.98 Å². The Bertz CT molecular complexity index is 569. The van der Waals surface area contributed by atoms with Crippen molar-refractivity contribution in [3.8, 4) is 0 Å². The van der Waals surface area contributed by atoms with E-state index in [-0.39, 0.29) is 5.41 Å². The third kappa shape index (κ3) is 2.66. The van der Waals surface area contributed by atoms with E-state index in [9.17, 15) is 0 Å². The first-order chi connectivity index (χ1) is 7.88. The molecule has 0 spiro atoms. The standard InChI is InChI=1S/C12H17N3S2/c1-8-5-13-10(17-8)7-15-9(12(2,3)4)6-14-11(15)16/h5-6H,7H2,1-4H3,(H,14,16). The SMILES string of the molecule is Cc1cnc(Cn2c(C(C)(C)C)c[nH]c2=S)s1. The molecule has 2 aromatic rings. The molecule has 5 heteroatoms. The normalized spacial score (nSPS) is 12.0. The lowest BCUT2D eigenvalue weighted by Gasteiger charge is -2.20. The Kier molecular flexibility index (Phi) is 3.23. The monoisotopic (exact) mass is 267 g/mol. The van der Waals surface area contributed by atoms with E-state index < -0.39 is 0 Å². The number of aromatic amines is 1. The van der Waals surface area contributed by atoms with Crippen molar-refractivity contribution in [3.05, 3.63) is 32.7 Å². The Morgan fingerprint density at radius 3 is 2.71 bits per heavy atom. The van der Waals surface area contributed by atoms with Gasteiger partial charge in [-0.3, -0.25) is 0 Å². The van der Waals surface area contributed by atoms with Crippen LogP contribution in [-0.2, 0) is 12.0 Å². The third-order valence-electron chi connectivity index (χ3n) is 2.60. The Hall–Kier alpha value is -0.940. The molecule has 0 aliphatic carbocycles. The maximum absolute atomic E-state index is 5.33. The van der Waals surface area contributed by atoms with Crippen LogP contribution in [0.4, 0.5) is 0 Å². The summed E-state index contributed by atoms with van der Waals surface area (Å²) in [6, 6.07) is 0. The summed E-state index contributed by atoms with van der Waals surface area (Å²) in [5.41, 5.74) is 1.30. The number of aryl methyl sites for hydroxylation is 1. The summed E-state index contributed by atoms with van der Waals surface area (Å²) in [4.78, 5) is 8.75. The molecule has 0 aromatic carbocycles. The summed E-state index contributed by atoms with van der Waals surface area (Å²) in [5.74, 6) is 0. The maximum Gasteiger partial charge on any atom is 0.177 e. The van der Waals surface area contributed by atoms with Gasteiger partial charge in [-0.1, -0.05) is 20.8 Å². The van der Waals surface area contributed by atoms with Crippen molar-refractivity contribution < 1.29 is 0 Å². The minimum atomic E-state index is 0.0832. The molecule has 0 bridgehead atoms. The van der Waals surface area contributed by atoms with Crippen LogP contribution in [0.15, 0.2) is 12.4 Å². The first kappa shape index (κ1) is 12.5. The van der Waals surface area contributed by atoms with Gasteiger partial charge in [0.15, 0.2) is 4.77 Å². The second kappa shape index (κ2) is 4.38. The molecule has 0 radical (unpaired) electrons. The van der Waals surface area contributed by atoms with Crippen molar-refractivity contribution in [1.82, 2.24) is 14.5 Å². The number of H-pyrrole nitrogens is 1. The average molecular weight is 267 g/mol. The molecule has 17 heavy (non-hydrogen) atoms. The zero-order valence-corrected chi connectivity index (χ0v) is 12.2. The van der Waals surface area contributed by atoms with E-state index in [1.807, 2.05) is 12.4 Å². The molecule has 0 unspecified atom stereocenters. The molecular weight excluding hydrogens is 250 g/mol. The Morgan fingerprint density at radius 1 is 1.47 bits per heavy atom. The van der Waals surface area contributed by atoms with Crippen molar-refractivity contribution in [1.29, 1.82) is 0 Å². The maximum atomic E-state index is 5.33. The Labute approximate surface area is 111 Å². The quantitative estimate of drug-likeness (QED) is 0.843. The predicted octanol–water partition coefficient (Wildman–Crippen LogP) is 3.66. The highest BCUT2D eigenvalue weighted by molar-refractivity contribution is 7.71. The minimum Gasteiger partial charge on any atom is -0.337 e. The lowest BCUT2D eigenvalue weighted by atomic mass is 9.93. The number of rotatable bonds is 2. The molecule has 2 heterocycles. The van der Waals surface area contributed by atoms with Crippen molar-refractivity contribution in [2.45, 2.75) is 39.7 Å². The summed E-state index contributed by atoms with van der Waals surface area (Å²) in [5, 5.41) is 1.10. The zero-order valence-electron chi connectivity index (χ0n) is 10.6. The molecule has 2 rings (SSSR count). The van der Waals surface area contributed by atoms with Gasteiger partial charge in [-0.2, -0.15) is 0 Å². The second-order valence-electron chi connectivity index (χ2n) is 5.18. The predicted molar refractivity (Wildman–Crippen MR) is 74.3 cm³/mol. The van der Waals surface area contributed by atoms with E-state index in [2.05, 4.69) is 42.2 Å². The molecule has 2 aromatic heterocycles. The average Bonchev–Trinajstić information content (AvgIpc) is 2.74. The number of nitrogens with zero attached hydrogens (tertiary/aromatic N) is 2. The number of hydrogen-bond donors (Lipinski definition) is 1. The van der Waals surface area contributed by atoms with E-state index in [0.29, 0.717) is 0 Å². The van der Waals surface area contributed by atoms with Gasteiger partial charge in [-0.05, 0) is 19.1 Å². The van der Waals surface area contributed by atoms with Crippen molar-refractivity contribution >= 4 is 23.6 Å². The number of hydrogen-bond acceptors (Lipinski definition) is 3. The van der Waals surface area contributed by atoms with E-state index in [1.165, 1.54) is 10.6 Å². The molecule has 0 aliphatic heterocycles. The van der Waals surface area contributed by atoms with Crippen LogP contribution in [0.1, 0.15) is 36.3 Å². The van der Waals surface area contributed by atoms with Gasteiger partial charge in [-0.15, -0.1) is 11.3 Å². The summed E-state index contributed by atoms with van der Waals surface area (Å²) < 4.78 is 2.90. The summed E-state index contributed by atoms with van der Waals surface area (Å²) >= 11 is 7.05. The van der Waals surface area contributed by atoms with Crippen LogP contribution in [0, 0.1) is 11.7 Å². The van der Waals surface area contributed by atoms with E-state index in [1.54, 1.807) is 11.3 Å². The number of aromatic nitrogens is 3. The molecule has 0 saturated heterocycles. The topological polar surface area (TPSA) is 33.6 Å². The van der Waals surface area contributed by atoms with Gasteiger partial charge in [0.1, 0.15) is 5.01 Å². The highest BCUT2D eigenvalue weighted by Crippen LogP contribution is 2.23. The van der Waals surface area contributed by atoms with Gasteiger partial charge in [0.2, 0.25) is 0 Å². The van der Waals surface area contributed by atoms with Gasteiger partial charge >= 0.3 is 0 Å². The van der Waals surface area contributed by atoms with Gasteiger partial charge in [0.25, 0.3) is 0 Å². The second-order valence-corrected chi connectivity index (χ2v) is 6.89. The van der Waals surface area contributed by atoms with Crippen LogP contribution in [0.3, 0.4) is 0 Å². The number of imidazole rings is 1. The van der Waals surface area contributed by atoms with E-state index in [4.69, 9.17) is 12.2 Å². The first-order valence-corrected chi connectivity index (χ1v) is 6.80. The van der Waals surface area contributed by atoms with E-state index >= 15 is 0 Å². The van der Waals surface area contributed by atoms with Gasteiger partial charge < -0.3 is 9.55 Å².